The molecule has 3 aromatic rings. The van der Waals surface area contributed by atoms with Gasteiger partial charge in [-0.05, 0) is 69.3 Å². The van der Waals surface area contributed by atoms with Gasteiger partial charge >= 0.3 is 29.8 Å². The van der Waals surface area contributed by atoms with Crippen LogP contribution in [0.25, 0.3) is 10.9 Å². The highest BCUT2D eigenvalue weighted by Crippen LogP contribution is 2.22. The Bertz CT molecular complexity index is 4100. The summed E-state index contributed by atoms with van der Waals surface area (Å²) in [5.74, 6) is -30.2. The molecule has 43 heteroatoms. The number of esters is 1. The van der Waals surface area contributed by atoms with Gasteiger partial charge in [-0.2, -0.15) is 0 Å². The first-order valence-electron chi connectivity index (χ1n) is 37.1. The lowest BCUT2D eigenvalue weighted by Crippen LogP contribution is -2.62. The second-order valence-corrected chi connectivity index (χ2v) is 27.8. The predicted octanol–water partition coefficient (Wildman–Crippen LogP) is -5.42. The van der Waals surface area contributed by atoms with E-state index >= 15 is 0 Å². The fourth-order valence-electron chi connectivity index (χ4n) is 12.0. The number of nitrogens with one attached hydrogen (secondary N) is 13. The van der Waals surface area contributed by atoms with Crippen LogP contribution >= 0.6 is 0 Å². The number of ketones is 1. The largest absolute Gasteiger partial charge is 0.481 e. The van der Waals surface area contributed by atoms with Crippen LogP contribution in [0.5, 0.6) is 0 Å². The quantitative estimate of drug-likeness (QED) is 0.0115. The first-order valence-corrected chi connectivity index (χ1v) is 37.1. The molecule has 0 bridgehead atoms. The first-order chi connectivity index (χ1) is 54.7. The summed E-state index contributed by atoms with van der Waals surface area (Å²) in [6.45, 7) is 2.80. The molecule has 1 aliphatic rings. The molecule has 0 spiro atoms. The van der Waals surface area contributed by atoms with E-state index < -0.39 is 267 Å². The number of Topliss-reactive ketones (excluding diaryl/α,β-unsaturated/α-hetero) is 1. The van der Waals surface area contributed by atoms with Crippen molar-refractivity contribution < 1.29 is 126 Å². The molecule has 116 heavy (non-hydrogen) atoms. The van der Waals surface area contributed by atoms with Gasteiger partial charge in [-0.3, -0.25) is 91.1 Å². The molecule has 0 radical (unpaired) electrons. The highest BCUT2D eigenvalue weighted by atomic mass is 16.5. The van der Waals surface area contributed by atoms with E-state index in [4.69, 9.17) is 21.9 Å². The Labute approximate surface area is 664 Å². The van der Waals surface area contributed by atoms with Crippen LogP contribution in [-0.2, 0) is 102 Å². The fourth-order valence-corrected chi connectivity index (χ4v) is 12.0. The number of aliphatic hydroxyl groups is 1. The van der Waals surface area contributed by atoms with Crippen molar-refractivity contribution in [3.8, 4) is 0 Å². The zero-order valence-corrected chi connectivity index (χ0v) is 64.7. The molecule has 636 valence electrons. The second kappa shape index (κ2) is 47.1. The summed E-state index contributed by atoms with van der Waals surface area (Å²) in [5, 5.41) is 77.2. The number of carboxylic acids is 4. The Morgan fingerprint density at radius 3 is 1.77 bits per heavy atom. The summed E-state index contributed by atoms with van der Waals surface area (Å²) < 4.78 is 5.70. The smallest absolute Gasteiger partial charge is 0.329 e. The summed E-state index contributed by atoms with van der Waals surface area (Å²) in [6, 6.07) is -10.5. The van der Waals surface area contributed by atoms with Crippen LogP contribution in [0.4, 0.5) is 5.69 Å². The summed E-state index contributed by atoms with van der Waals surface area (Å²) in [4.78, 5) is 278. The van der Waals surface area contributed by atoms with Crippen molar-refractivity contribution >= 4 is 135 Å². The molecule has 0 saturated carbocycles. The van der Waals surface area contributed by atoms with Gasteiger partial charge in [-0.25, -0.2) is 4.79 Å². The zero-order chi connectivity index (χ0) is 86.8. The third-order valence-electron chi connectivity index (χ3n) is 18.5. The Kier molecular flexibility index (Phi) is 38.8. The molecule has 43 nitrogen and oxygen atoms in total. The van der Waals surface area contributed by atoms with Crippen LogP contribution in [0.3, 0.4) is 0 Å². The highest BCUT2D eigenvalue weighted by molar-refractivity contribution is 6.05. The summed E-state index contributed by atoms with van der Waals surface area (Å²) in [5.41, 5.74) is 18.1. The number of hydrogen-bond donors (Lipinski definition) is 21. The molecule has 0 aliphatic carbocycles. The lowest BCUT2D eigenvalue weighted by Gasteiger charge is -2.31. The van der Waals surface area contributed by atoms with E-state index in [1.165, 1.54) is 24.3 Å². The number of anilines is 1. The van der Waals surface area contributed by atoms with Crippen molar-refractivity contribution in [3.05, 3.63) is 65.9 Å². The molecule has 2 heterocycles. The van der Waals surface area contributed by atoms with Gasteiger partial charge in [0.05, 0.1) is 51.8 Å². The number of cyclic esters (lactones) is 1. The average Bonchev–Trinajstić information content (AvgIpc) is 1.62. The van der Waals surface area contributed by atoms with E-state index in [0.29, 0.717) is 34.2 Å². The Morgan fingerprint density at radius 2 is 1.16 bits per heavy atom. The minimum Gasteiger partial charge on any atom is -0.481 e. The van der Waals surface area contributed by atoms with Gasteiger partial charge in [0.25, 0.3) is 0 Å². The number of carboxylic acid groups (broad SMARTS) is 4. The number of carbonyl (C=O) groups excluding carboxylic acids is 16. The number of nitrogen functional groups attached to an aromatic ring is 1. The van der Waals surface area contributed by atoms with Crippen LogP contribution in [-0.4, -0.2) is 260 Å². The maximum absolute atomic E-state index is 14.9. The number of rotatable bonds is 34. The third kappa shape index (κ3) is 31.0. The molecule has 2 aromatic carbocycles. The number of amides is 14. The number of aliphatic hydroxyl groups excluding tert-OH is 1. The number of carbonyl (C=O) groups is 20. The standard InChI is InChI=1S/C73H103N17O26/c1-7-8-9-10-11-17-35(2)62(104)82-45(25-39-31-77-43-21-15-13-18-40(39)43)67(109)84-46(27-53(76)93)68(110)86-49(30-59(102)103)69(111)89-61-38(5)116-73(115)50(26-52(92)41-19-12-14-20-42(41)75)87-72(114)60(36(3)24-56(96)97)88-70(112)51(34-91)90(6)55(95)33-79-64(106)47(28-57(98)99)83-63(105)37(4)80-66(108)48(29-58(100)101)85-65(107)44(22-16-23-74)81-54(94)32-78-71(61)113/h12-15,18-21,31,35-38,44-51,60-61,77,91H,7-11,16-17,22-30,32-34,74-75H2,1-6H3,(H2,76,93)(H,78,113)(H,79,106)(H,80,108)(H,81,94)(H,82,104)(H,83,105)(H,84,109)(H,85,107)(H,86,110)(H,87,114)(H,88,112)(H,89,111)(H,96,97)(H,98,99)(H,100,101)(H,102,103). The number of benzene rings is 2. The third-order valence-corrected chi connectivity index (χ3v) is 18.5. The topological polar surface area (TPSA) is 693 Å². The van der Waals surface area contributed by atoms with Gasteiger partial charge in [0.2, 0.25) is 82.7 Å². The van der Waals surface area contributed by atoms with Crippen LogP contribution in [0.2, 0.25) is 0 Å². The molecule has 14 unspecified atom stereocenters. The number of para-hydroxylation sites is 2. The van der Waals surface area contributed by atoms with E-state index in [1.54, 1.807) is 37.4 Å². The minimum atomic E-state index is -2.45. The first kappa shape index (κ1) is 95.7. The van der Waals surface area contributed by atoms with Crippen molar-refractivity contribution in [1.29, 1.82) is 0 Å². The van der Waals surface area contributed by atoms with Crippen LogP contribution < -0.4 is 81.0 Å². The number of aliphatic carboxylic acids is 4. The Balaban J connectivity index is 1.90. The number of hydrogen-bond acceptors (Lipinski definition) is 24. The fraction of sp³-hybridized carbons (Fsp3) is 0.534. The SMILES string of the molecule is CCCCCCCC(C)C(=O)NC(Cc1c[nH]c2ccccc12)C(=O)NC(CC(N)=O)C(=O)NC(CC(=O)O)C(=O)NC1C(=O)NCC(=O)NC(CCCN)C(=O)NC(CC(=O)O)C(=O)NC(C)C(=O)NC(CC(=O)O)C(=O)NCC(=O)N(C)C(CO)C(=O)NC(C(C)CC(=O)O)C(=O)NC(CC(=O)c2ccccc2N)C(=O)OC1C. The number of nitrogens with zero attached hydrogens (tertiary/aromatic N) is 1. The Morgan fingerprint density at radius 1 is 0.586 bits per heavy atom. The normalized spacial score (nSPS) is 21.5. The van der Waals surface area contributed by atoms with Gasteiger partial charge in [0.1, 0.15) is 72.6 Å². The van der Waals surface area contributed by atoms with Gasteiger partial charge in [0, 0.05) is 54.2 Å². The number of aromatic amines is 1. The highest BCUT2D eigenvalue weighted by Gasteiger charge is 2.42. The molecule has 24 N–H and O–H groups in total. The molecule has 1 saturated heterocycles. The monoisotopic (exact) mass is 1630 g/mol. The number of H-pyrrole nitrogens is 1. The van der Waals surface area contributed by atoms with Gasteiger partial charge in [0.15, 0.2) is 5.78 Å². The number of likely N-dealkylation sites (N-methyl/N-ethyl adjacent to an activating group) is 1. The number of fused-ring (bicyclic) bond motifs is 1. The number of nitrogens with two attached hydrogens (primary N) is 3. The van der Waals surface area contributed by atoms with Crippen LogP contribution in [0, 0.1) is 11.8 Å². The van der Waals surface area contributed by atoms with E-state index in [9.17, 15) is 121 Å². The van der Waals surface area contributed by atoms with Crippen LogP contribution in [0.1, 0.15) is 140 Å². The molecule has 4 rings (SSSR count). The van der Waals surface area contributed by atoms with Gasteiger partial charge in [-0.1, -0.05) is 83.2 Å². The zero-order valence-electron chi connectivity index (χ0n) is 64.7. The Hall–Kier alpha value is -12.7. The number of aromatic nitrogens is 1. The lowest BCUT2D eigenvalue weighted by molar-refractivity contribution is -0.156. The second-order valence-electron chi connectivity index (χ2n) is 27.8. The molecular weight excluding hydrogens is 1530 g/mol. The average molecular weight is 1630 g/mol. The molecule has 1 aliphatic heterocycles. The maximum Gasteiger partial charge on any atom is 0.329 e. The van der Waals surface area contributed by atoms with Crippen molar-refractivity contribution in [2.75, 3.05) is 39.0 Å². The molecule has 14 atom stereocenters. The van der Waals surface area contributed by atoms with Crippen LogP contribution in [0.15, 0.2) is 54.7 Å². The van der Waals surface area contributed by atoms with E-state index in [0.717, 1.165) is 53.5 Å². The number of ether oxygens (including phenoxy) is 1. The van der Waals surface area contributed by atoms with Crippen molar-refractivity contribution in [1.82, 2.24) is 73.7 Å². The van der Waals surface area contributed by atoms with E-state index in [-0.39, 0.29) is 30.6 Å². The summed E-state index contributed by atoms with van der Waals surface area (Å²) in [7, 11) is 0.896. The van der Waals surface area contributed by atoms with Gasteiger partial charge in [-0.15, -0.1) is 0 Å². The molecule has 14 amide bonds. The molecular formula is C73H103N17O26. The molecule has 1 fully saturated rings. The maximum atomic E-state index is 14.9. The minimum absolute atomic E-state index is 0.0940. The van der Waals surface area contributed by atoms with E-state index in [1.807, 2.05) is 17.6 Å². The van der Waals surface area contributed by atoms with Crippen molar-refractivity contribution in [2.24, 2.45) is 23.3 Å². The summed E-state index contributed by atoms with van der Waals surface area (Å²) >= 11 is 0. The molecule has 1 aromatic heterocycles. The number of primary amides is 1. The van der Waals surface area contributed by atoms with Gasteiger partial charge < -0.3 is 121 Å². The van der Waals surface area contributed by atoms with E-state index in [2.05, 4.69) is 58.2 Å². The predicted molar refractivity (Wildman–Crippen MR) is 405 cm³/mol. The number of unbranched alkanes of at least 4 members (excludes halogenated alkanes) is 4. The van der Waals surface area contributed by atoms with Crippen molar-refractivity contribution in [2.45, 2.75) is 203 Å². The lowest BCUT2D eigenvalue weighted by atomic mass is 9.95. The van der Waals surface area contributed by atoms with Crippen molar-refractivity contribution in [3.63, 3.8) is 0 Å². The summed E-state index contributed by atoms with van der Waals surface area (Å²) in [6.07, 6.45) is -3.51.